The molecule has 0 fully saturated rings. The van der Waals surface area contributed by atoms with Gasteiger partial charge in [0.2, 0.25) is 0 Å². The standard InChI is InChI=1S/C13H10ClF2N/c14-10-3-1-2-8(4-10)13(17)9-5-11(15)7-12(16)6-9/h1-7,13H,17H2. The van der Waals surface area contributed by atoms with Gasteiger partial charge in [0.15, 0.2) is 0 Å². The van der Waals surface area contributed by atoms with E-state index in [-0.39, 0.29) is 0 Å². The van der Waals surface area contributed by atoms with E-state index in [1.54, 1.807) is 24.3 Å². The predicted octanol–water partition coefficient (Wildman–Crippen LogP) is 3.67. The van der Waals surface area contributed by atoms with Crippen LogP contribution >= 0.6 is 11.6 Å². The third kappa shape index (κ3) is 2.81. The van der Waals surface area contributed by atoms with Crippen LogP contribution in [-0.2, 0) is 0 Å². The van der Waals surface area contributed by atoms with Crippen molar-refractivity contribution in [2.45, 2.75) is 6.04 Å². The van der Waals surface area contributed by atoms with Crippen LogP contribution in [-0.4, -0.2) is 0 Å². The number of rotatable bonds is 2. The van der Waals surface area contributed by atoms with Crippen molar-refractivity contribution in [3.05, 3.63) is 70.2 Å². The number of halogens is 3. The third-order valence-corrected chi connectivity index (χ3v) is 2.69. The molecule has 17 heavy (non-hydrogen) atoms. The van der Waals surface area contributed by atoms with E-state index in [1.165, 1.54) is 12.1 Å². The molecule has 0 aliphatic rings. The van der Waals surface area contributed by atoms with Gasteiger partial charge in [0, 0.05) is 11.1 Å². The second-order valence-electron chi connectivity index (χ2n) is 3.74. The highest BCUT2D eigenvalue weighted by Gasteiger charge is 2.11. The van der Waals surface area contributed by atoms with Gasteiger partial charge in [-0.25, -0.2) is 8.78 Å². The molecule has 2 aromatic rings. The monoisotopic (exact) mass is 253 g/mol. The summed E-state index contributed by atoms with van der Waals surface area (Å²) in [4.78, 5) is 0. The first-order valence-electron chi connectivity index (χ1n) is 5.03. The smallest absolute Gasteiger partial charge is 0.126 e. The van der Waals surface area contributed by atoms with Crippen molar-refractivity contribution in [1.82, 2.24) is 0 Å². The van der Waals surface area contributed by atoms with Gasteiger partial charge in [-0.3, -0.25) is 0 Å². The van der Waals surface area contributed by atoms with Gasteiger partial charge in [-0.05, 0) is 35.4 Å². The molecule has 2 rings (SSSR count). The summed E-state index contributed by atoms with van der Waals surface area (Å²) in [6, 6.07) is 9.54. The van der Waals surface area contributed by atoms with Gasteiger partial charge < -0.3 is 5.73 Å². The first kappa shape index (κ1) is 12.0. The lowest BCUT2D eigenvalue weighted by atomic mass is 9.99. The Kier molecular flexibility index (Phi) is 3.41. The highest BCUT2D eigenvalue weighted by molar-refractivity contribution is 6.30. The maximum Gasteiger partial charge on any atom is 0.126 e. The maximum absolute atomic E-state index is 13.1. The summed E-state index contributed by atoms with van der Waals surface area (Å²) in [6.07, 6.45) is 0. The minimum absolute atomic E-state index is 0.379. The van der Waals surface area contributed by atoms with Crippen molar-refractivity contribution in [3.8, 4) is 0 Å². The Morgan fingerprint density at radius 3 is 2.18 bits per heavy atom. The Morgan fingerprint density at radius 2 is 1.59 bits per heavy atom. The summed E-state index contributed by atoms with van der Waals surface area (Å²) in [5.41, 5.74) is 7.02. The van der Waals surface area contributed by atoms with Crippen molar-refractivity contribution < 1.29 is 8.78 Å². The second kappa shape index (κ2) is 4.82. The number of benzene rings is 2. The lowest BCUT2D eigenvalue weighted by Crippen LogP contribution is -2.12. The SMILES string of the molecule is NC(c1cc(F)cc(F)c1)c1cccc(Cl)c1. The van der Waals surface area contributed by atoms with Crippen LogP contribution < -0.4 is 5.73 Å². The molecule has 1 nitrogen and oxygen atoms in total. The van der Waals surface area contributed by atoms with Crippen LogP contribution in [0.5, 0.6) is 0 Å². The minimum Gasteiger partial charge on any atom is -0.320 e. The van der Waals surface area contributed by atoms with E-state index < -0.39 is 17.7 Å². The molecule has 0 saturated heterocycles. The molecule has 4 heteroatoms. The van der Waals surface area contributed by atoms with Crippen LogP contribution in [0.4, 0.5) is 8.78 Å². The molecule has 2 N–H and O–H groups in total. The van der Waals surface area contributed by atoms with Crippen LogP contribution in [0.15, 0.2) is 42.5 Å². The predicted molar refractivity (Wildman–Crippen MR) is 63.8 cm³/mol. The molecule has 0 saturated carbocycles. The zero-order valence-electron chi connectivity index (χ0n) is 8.83. The van der Waals surface area contributed by atoms with Gasteiger partial charge in [0.25, 0.3) is 0 Å². The van der Waals surface area contributed by atoms with Crippen molar-refractivity contribution in [1.29, 1.82) is 0 Å². The topological polar surface area (TPSA) is 26.0 Å². The molecular formula is C13H10ClF2N. The Labute approximate surface area is 103 Å². The summed E-state index contributed by atoms with van der Waals surface area (Å²) in [5, 5.41) is 0.537. The lowest BCUT2D eigenvalue weighted by molar-refractivity contribution is 0.577. The molecule has 0 aromatic heterocycles. The summed E-state index contributed by atoms with van der Waals surface area (Å²) < 4.78 is 26.1. The number of nitrogens with two attached hydrogens (primary N) is 1. The number of hydrogen-bond acceptors (Lipinski definition) is 1. The maximum atomic E-state index is 13.1. The molecule has 1 unspecified atom stereocenters. The van der Waals surface area contributed by atoms with Gasteiger partial charge in [-0.1, -0.05) is 23.7 Å². The van der Waals surface area contributed by atoms with Crippen LogP contribution in [0.1, 0.15) is 17.2 Å². The fourth-order valence-electron chi connectivity index (χ4n) is 1.65. The van der Waals surface area contributed by atoms with Crippen molar-refractivity contribution in [2.24, 2.45) is 5.73 Å². The summed E-state index contributed by atoms with van der Waals surface area (Å²) in [7, 11) is 0. The second-order valence-corrected chi connectivity index (χ2v) is 4.17. The highest BCUT2D eigenvalue weighted by atomic mass is 35.5. The van der Waals surface area contributed by atoms with Crippen LogP contribution in [0, 0.1) is 11.6 Å². The van der Waals surface area contributed by atoms with Gasteiger partial charge in [0.05, 0.1) is 6.04 Å². The van der Waals surface area contributed by atoms with Crippen LogP contribution in [0.3, 0.4) is 0 Å². The molecular weight excluding hydrogens is 244 g/mol. The van der Waals surface area contributed by atoms with Crippen molar-refractivity contribution in [2.75, 3.05) is 0 Å². The molecule has 0 aliphatic carbocycles. The summed E-state index contributed by atoms with van der Waals surface area (Å²) in [5.74, 6) is -1.28. The lowest BCUT2D eigenvalue weighted by Gasteiger charge is -2.13. The van der Waals surface area contributed by atoms with E-state index >= 15 is 0 Å². The van der Waals surface area contributed by atoms with Gasteiger partial charge >= 0.3 is 0 Å². The molecule has 0 amide bonds. The normalized spacial score (nSPS) is 12.5. The number of hydrogen-bond donors (Lipinski definition) is 1. The first-order valence-corrected chi connectivity index (χ1v) is 5.41. The first-order chi connectivity index (χ1) is 8.06. The average molecular weight is 254 g/mol. The Bertz CT molecular complexity index is 522. The molecule has 0 radical (unpaired) electrons. The van der Waals surface area contributed by atoms with Gasteiger partial charge in [0.1, 0.15) is 11.6 Å². The van der Waals surface area contributed by atoms with Crippen LogP contribution in [0.2, 0.25) is 5.02 Å². The zero-order valence-corrected chi connectivity index (χ0v) is 9.59. The molecule has 0 bridgehead atoms. The van der Waals surface area contributed by atoms with Gasteiger partial charge in [-0.2, -0.15) is 0 Å². The minimum atomic E-state index is -0.641. The van der Waals surface area contributed by atoms with E-state index in [4.69, 9.17) is 17.3 Å². The average Bonchev–Trinajstić information content (AvgIpc) is 2.26. The van der Waals surface area contributed by atoms with E-state index in [0.29, 0.717) is 16.1 Å². The fourth-order valence-corrected chi connectivity index (χ4v) is 1.85. The summed E-state index contributed by atoms with van der Waals surface area (Å²) in [6.45, 7) is 0. The molecule has 0 spiro atoms. The Balaban J connectivity index is 2.39. The molecule has 88 valence electrons. The van der Waals surface area contributed by atoms with Gasteiger partial charge in [-0.15, -0.1) is 0 Å². The molecule has 0 heterocycles. The van der Waals surface area contributed by atoms with Crippen LogP contribution in [0.25, 0.3) is 0 Å². The molecule has 2 aromatic carbocycles. The third-order valence-electron chi connectivity index (χ3n) is 2.45. The molecule has 1 atom stereocenters. The van der Waals surface area contributed by atoms with E-state index in [9.17, 15) is 8.78 Å². The Morgan fingerprint density at radius 1 is 0.941 bits per heavy atom. The molecule has 0 aliphatic heterocycles. The fraction of sp³-hybridized carbons (Fsp3) is 0.0769. The largest absolute Gasteiger partial charge is 0.320 e. The van der Waals surface area contributed by atoms with Crippen molar-refractivity contribution >= 4 is 11.6 Å². The highest BCUT2D eigenvalue weighted by Crippen LogP contribution is 2.23. The van der Waals surface area contributed by atoms with E-state index in [0.717, 1.165) is 6.07 Å². The van der Waals surface area contributed by atoms with E-state index in [2.05, 4.69) is 0 Å². The Hall–Kier alpha value is -1.45. The zero-order chi connectivity index (χ0) is 12.4. The quantitative estimate of drug-likeness (QED) is 0.868. The van der Waals surface area contributed by atoms with E-state index in [1.807, 2.05) is 0 Å². The van der Waals surface area contributed by atoms with Crippen molar-refractivity contribution in [3.63, 3.8) is 0 Å². The summed E-state index contributed by atoms with van der Waals surface area (Å²) >= 11 is 5.84.